The smallest absolute Gasteiger partial charge is 0.323 e. The van der Waals surface area contributed by atoms with E-state index in [1.807, 2.05) is 60.4 Å². The highest BCUT2D eigenvalue weighted by Gasteiger charge is 2.31. The molecule has 1 atom stereocenters. The maximum atomic E-state index is 13.7. The molecule has 7 nitrogen and oxygen atoms in total. The van der Waals surface area contributed by atoms with Gasteiger partial charge < -0.3 is 25.2 Å². The summed E-state index contributed by atoms with van der Waals surface area (Å²) in [5.74, 6) is 1.14. The summed E-state index contributed by atoms with van der Waals surface area (Å²) < 4.78 is 6.19. The van der Waals surface area contributed by atoms with Crippen LogP contribution in [0, 0.1) is 13.8 Å². The highest BCUT2D eigenvalue weighted by molar-refractivity contribution is 6.02. The number of anilines is 2. The fourth-order valence-corrected chi connectivity index (χ4v) is 5.28. The third-order valence-electron chi connectivity index (χ3n) is 7.52. The lowest BCUT2D eigenvalue weighted by atomic mass is 10.1. The van der Waals surface area contributed by atoms with Crippen LogP contribution >= 0.6 is 0 Å². The van der Waals surface area contributed by atoms with E-state index in [9.17, 15) is 9.59 Å². The Morgan fingerprint density at radius 1 is 0.868 bits per heavy atom. The Bertz CT molecular complexity index is 1290. The maximum absolute atomic E-state index is 13.7. The first-order valence-electron chi connectivity index (χ1n) is 13.5. The quantitative estimate of drug-likeness (QED) is 0.382. The second-order valence-corrected chi connectivity index (χ2v) is 10.3. The number of para-hydroxylation sites is 1. The lowest BCUT2D eigenvalue weighted by Crippen LogP contribution is -2.42. The molecule has 0 aromatic heterocycles. The van der Waals surface area contributed by atoms with Crippen LogP contribution in [-0.4, -0.2) is 54.0 Å². The number of urea groups is 1. The van der Waals surface area contributed by atoms with Crippen LogP contribution in [0.3, 0.4) is 0 Å². The van der Waals surface area contributed by atoms with E-state index < -0.39 is 6.03 Å². The maximum Gasteiger partial charge on any atom is 0.323 e. The van der Waals surface area contributed by atoms with Crippen molar-refractivity contribution < 1.29 is 14.3 Å². The van der Waals surface area contributed by atoms with Crippen LogP contribution < -0.4 is 15.4 Å². The molecule has 2 aliphatic heterocycles. The molecule has 3 aromatic carbocycles. The molecular formula is C31H36N4O3. The van der Waals surface area contributed by atoms with Crippen LogP contribution in [0.5, 0.6) is 11.5 Å². The standard InChI is InChI=1S/C31H36N4O3/c1-22-12-14-27(19-23(22)2)38-29-15-13-24(20-28(29)33-31(37)32-25-9-4-3-5-10-25)30(36)35-18-8-11-26(35)21-34-16-6-7-17-34/h3-5,9-10,12-15,19-20,26H,6-8,11,16-18,21H2,1-2H3,(H2,32,33,37). The van der Waals surface area contributed by atoms with Crippen molar-refractivity contribution >= 4 is 23.3 Å². The number of ether oxygens (including phenoxy) is 1. The van der Waals surface area contributed by atoms with E-state index in [4.69, 9.17) is 4.74 Å². The highest BCUT2D eigenvalue weighted by Crippen LogP contribution is 2.33. The van der Waals surface area contributed by atoms with E-state index in [1.165, 1.54) is 18.4 Å². The van der Waals surface area contributed by atoms with Gasteiger partial charge in [0, 0.05) is 30.4 Å². The number of nitrogens with one attached hydrogen (secondary N) is 2. The fourth-order valence-electron chi connectivity index (χ4n) is 5.28. The number of rotatable bonds is 7. The van der Waals surface area contributed by atoms with Gasteiger partial charge in [-0.25, -0.2) is 4.79 Å². The fraction of sp³-hybridized carbons (Fsp3) is 0.355. The number of benzene rings is 3. The lowest BCUT2D eigenvalue weighted by Gasteiger charge is -2.29. The molecule has 38 heavy (non-hydrogen) atoms. The largest absolute Gasteiger partial charge is 0.455 e. The number of likely N-dealkylation sites (tertiary alicyclic amines) is 2. The average Bonchev–Trinajstić information content (AvgIpc) is 3.60. The third kappa shape index (κ3) is 6.17. The second kappa shape index (κ2) is 11.7. The number of hydrogen-bond acceptors (Lipinski definition) is 4. The molecule has 0 saturated carbocycles. The third-order valence-corrected chi connectivity index (χ3v) is 7.52. The Morgan fingerprint density at radius 3 is 2.42 bits per heavy atom. The van der Waals surface area contributed by atoms with E-state index in [-0.39, 0.29) is 11.9 Å². The Kier molecular flexibility index (Phi) is 7.94. The Labute approximate surface area is 224 Å². The molecule has 0 bridgehead atoms. The summed E-state index contributed by atoms with van der Waals surface area (Å²) in [7, 11) is 0. The van der Waals surface area contributed by atoms with Gasteiger partial charge in [0.05, 0.1) is 5.69 Å². The zero-order valence-corrected chi connectivity index (χ0v) is 22.2. The van der Waals surface area contributed by atoms with Gasteiger partial charge in [-0.15, -0.1) is 0 Å². The van der Waals surface area contributed by atoms with Crippen LogP contribution in [0.2, 0.25) is 0 Å². The zero-order chi connectivity index (χ0) is 26.5. The number of carbonyl (C=O) groups excluding carboxylic acids is 2. The Hall–Kier alpha value is -3.84. The van der Waals surface area contributed by atoms with Gasteiger partial charge in [-0.2, -0.15) is 0 Å². The van der Waals surface area contributed by atoms with Gasteiger partial charge in [0.2, 0.25) is 0 Å². The van der Waals surface area contributed by atoms with E-state index in [1.54, 1.807) is 18.2 Å². The molecule has 0 radical (unpaired) electrons. The molecular weight excluding hydrogens is 476 g/mol. The summed E-state index contributed by atoms with van der Waals surface area (Å²) >= 11 is 0. The summed E-state index contributed by atoms with van der Waals surface area (Å²) in [4.78, 5) is 31.0. The molecule has 2 aliphatic rings. The predicted octanol–water partition coefficient (Wildman–Crippen LogP) is 6.44. The second-order valence-electron chi connectivity index (χ2n) is 10.3. The molecule has 3 aromatic rings. The molecule has 2 heterocycles. The van der Waals surface area contributed by atoms with Crippen molar-refractivity contribution in [2.75, 3.05) is 36.8 Å². The summed E-state index contributed by atoms with van der Waals surface area (Å²) in [6, 6.07) is 20.2. The van der Waals surface area contributed by atoms with Crippen molar-refractivity contribution in [3.63, 3.8) is 0 Å². The van der Waals surface area contributed by atoms with Crippen LogP contribution in [0.15, 0.2) is 66.7 Å². The van der Waals surface area contributed by atoms with Crippen LogP contribution in [0.4, 0.5) is 16.2 Å². The van der Waals surface area contributed by atoms with Crippen molar-refractivity contribution in [3.8, 4) is 11.5 Å². The minimum atomic E-state index is -0.404. The van der Waals surface area contributed by atoms with Crippen LogP contribution in [-0.2, 0) is 0 Å². The van der Waals surface area contributed by atoms with Gasteiger partial charge in [-0.3, -0.25) is 4.79 Å². The SMILES string of the molecule is Cc1ccc(Oc2ccc(C(=O)N3CCCC3CN3CCCC3)cc2NC(=O)Nc2ccccc2)cc1C. The summed E-state index contributed by atoms with van der Waals surface area (Å²) in [6.07, 6.45) is 4.52. The lowest BCUT2D eigenvalue weighted by molar-refractivity contribution is 0.0708. The molecule has 2 N–H and O–H groups in total. The van der Waals surface area contributed by atoms with E-state index in [0.717, 1.165) is 44.6 Å². The number of amides is 3. The molecule has 1 unspecified atom stereocenters. The molecule has 0 aliphatic carbocycles. The molecule has 7 heteroatoms. The first-order valence-corrected chi connectivity index (χ1v) is 13.5. The molecule has 2 fully saturated rings. The average molecular weight is 513 g/mol. The molecule has 198 valence electrons. The molecule has 0 spiro atoms. The van der Waals surface area contributed by atoms with Gasteiger partial charge in [0.25, 0.3) is 5.91 Å². The topological polar surface area (TPSA) is 73.9 Å². The van der Waals surface area contributed by atoms with Crippen molar-refractivity contribution in [1.29, 1.82) is 0 Å². The Balaban J connectivity index is 1.38. The minimum absolute atomic E-state index is 0.00375. The van der Waals surface area contributed by atoms with Gasteiger partial charge in [0.1, 0.15) is 5.75 Å². The van der Waals surface area contributed by atoms with E-state index in [0.29, 0.717) is 28.4 Å². The van der Waals surface area contributed by atoms with Gasteiger partial charge in [0.15, 0.2) is 5.75 Å². The summed E-state index contributed by atoms with van der Waals surface area (Å²) in [5.41, 5.74) is 3.95. The van der Waals surface area contributed by atoms with Crippen molar-refractivity contribution in [3.05, 3.63) is 83.4 Å². The first-order chi connectivity index (χ1) is 18.5. The monoisotopic (exact) mass is 512 g/mol. The zero-order valence-electron chi connectivity index (χ0n) is 22.2. The molecule has 5 rings (SSSR count). The van der Waals surface area contributed by atoms with Gasteiger partial charge >= 0.3 is 6.03 Å². The highest BCUT2D eigenvalue weighted by atomic mass is 16.5. The summed E-state index contributed by atoms with van der Waals surface area (Å²) in [6.45, 7) is 8.02. The first kappa shape index (κ1) is 25.8. The van der Waals surface area contributed by atoms with Crippen molar-refractivity contribution in [2.24, 2.45) is 0 Å². The van der Waals surface area contributed by atoms with Crippen LogP contribution in [0.25, 0.3) is 0 Å². The van der Waals surface area contributed by atoms with Crippen molar-refractivity contribution in [2.45, 2.75) is 45.6 Å². The number of aryl methyl sites for hydroxylation is 2. The number of hydrogen-bond donors (Lipinski definition) is 2. The van der Waals surface area contributed by atoms with Crippen molar-refractivity contribution in [1.82, 2.24) is 9.80 Å². The minimum Gasteiger partial charge on any atom is -0.455 e. The number of carbonyl (C=O) groups is 2. The summed E-state index contributed by atoms with van der Waals surface area (Å²) in [5, 5.41) is 5.75. The van der Waals surface area contributed by atoms with Gasteiger partial charge in [-0.1, -0.05) is 24.3 Å². The predicted molar refractivity (Wildman–Crippen MR) is 151 cm³/mol. The number of nitrogens with zero attached hydrogens (tertiary/aromatic N) is 2. The van der Waals surface area contributed by atoms with Crippen LogP contribution in [0.1, 0.15) is 47.2 Å². The Morgan fingerprint density at radius 2 is 1.66 bits per heavy atom. The van der Waals surface area contributed by atoms with E-state index in [2.05, 4.69) is 22.5 Å². The van der Waals surface area contributed by atoms with Gasteiger partial charge in [-0.05, 0) is 106 Å². The normalized spacial score (nSPS) is 17.4. The molecule has 3 amide bonds. The molecule has 2 saturated heterocycles. The van der Waals surface area contributed by atoms with E-state index >= 15 is 0 Å².